The Hall–Kier alpha value is -2.60. The van der Waals surface area contributed by atoms with E-state index in [9.17, 15) is 8.78 Å². The van der Waals surface area contributed by atoms with Crippen LogP contribution in [-0.2, 0) is 10.4 Å². The number of amidine groups is 1. The van der Waals surface area contributed by atoms with Gasteiger partial charge in [-0.05, 0) is 68.9 Å². The molecule has 0 aromatic heterocycles. The van der Waals surface area contributed by atoms with E-state index in [1.165, 1.54) is 12.1 Å². The summed E-state index contributed by atoms with van der Waals surface area (Å²) in [5.74, 6) is -0.118. The van der Waals surface area contributed by atoms with Crippen molar-refractivity contribution in [2.24, 2.45) is 15.9 Å². The maximum Gasteiger partial charge on any atom is 0.160 e. The van der Waals surface area contributed by atoms with Crippen LogP contribution in [0.4, 0.5) is 8.78 Å². The van der Waals surface area contributed by atoms with E-state index in [-0.39, 0.29) is 12.0 Å². The van der Waals surface area contributed by atoms with Gasteiger partial charge in [0.25, 0.3) is 0 Å². The maximum absolute atomic E-state index is 14.5. The maximum atomic E-state index is 14.5. The predicted molar refractivity (Wildman–Crippen MR) is 121 cm³/mol. The summed E-state index contributed by atoms with van der Waals surface area (Å²) >= 11 is 0. The van der Waals surface area contributed by atoms with Crippen molar-refractivity contribution in [2.75, 3.05) is 14.2 Å². The summed E-state index contributed by atoms with van der Waals surface area (Å²) < 4.78 is 33.6. The van der Waals surface area contributed by atoms with E-state index < -0.39 is 17.3 Å². The lowest BCUT2D eigenvalue weighted by molar-refractivity contribution is 0.0395. The van der Waals surface area contributed by atoms with Crippen LogP contribution >= 0.6 is 0 Å². The van der Waals surface area contributed by atoms with Crippen molar-refractivity contribution in [1.29, 1.82) is 0 Å². The zero-order valence-corrected chi connectivity index (χ0v) is 18.5. The van der Waals surface area contributed by atoms with Crippen molar-refractivity contribution >= 4 is 11.5 Å². The van der Waals surface area contributed by atoms with Gasteiger partial charge in [-0.1, -0.05) is 12.1 Å². The molecule has 2 aliphatic rings. The van der Waals surface area contributed by atoms with Crippen molar-refractivity contribution in [3.63, 3.8) is 0 Å². The number of benzene rings is 2. The first-order valence-corrected chi connectivity index (χ1v) is 10.8. The van der Waals surface area contributed by atoms with Crippen molar-refractivity contribution in [1.82, 2.24) is 5.32 Å². The van der Waals surface area contributed by atoms with Crippen LogP contribution < -0.4 is 5.32 Å². The highest BCUT2D eigenvalue weighted by Crippen LogP contribution is 2.45. The van der Waals surface area contributed by atoms with E-state index in [1.54, 1.807) is 14.2 Å². The van der Waals surface area contributed by atoms with E-state index in [1.807, 2.05) is 25.1 Å². The van der Waals surface area contributed by atoms with Gasteiger partial charge in [0.15, 0.2) is 5.66 Å². The number of nitrogens with zero attached hydrogens (tertiary/aromatic N) is 2. The van der Waals surface area contributed by atoms with Crippen LogP contribution in [-0.4, -0.2) is 31.8 Å². The molecule has 1 heterocycles. The molecule has 0 spiro atoms. The van der Waals surface area contributed by atoms with Gasteiger partial charge in [-0.3, -0.25) is 9.98 Å². The Morgan fingerprint density at radius 3 is 2.42 bits per heavy atom. The van der Waals surface area contributed by atoms with Gasteiger partial charge in [0.05, 0.1) is 11.8 Å². The highest BCUT2D eigenvalue weighted by atomic mass is 19.1. The molecule has 0 radical (unpaired) electrons. The quantitative estimate of drug-likeness (QED) is 0.714. The van der Waals surface area contributed by atoms with Crippen LogP contribution in [0.2, 0.25) is 0 Å². The summed E-state index contributed by atoms with van der Waals surface area (Å²) in [6, 6.07) is 9.57. The summed E-state index contributed by atoms with van der Waals surface area (Å²) in [5.41, 5.74) is 3.38. The van der Waals surface area contributed by atoms with Gasteiger partial charge in [0, 0.05) is 37.3 Å². The van der Waals surface area contributed by atoms with Gasteiger partial charge in [-0.2, -0.15) is 0 Å². The van der Waals surface area contributed by atoms with E-state index in [0.29, 0.717) is 11.1 Å². The standard InChI is InChI=1S/C25H29F2N3O/c1-15-5-6-17(21-12-9-19(26)14-23(21)27)13-22(15)25(29-16(2)24(28-3)30-25)18-7-10-20(31-4)11-8-18/h5-6,9,12-14,18,20H,7-8,10-11H2,1-4H3,(H,28,30). The SMILES string of the molecule is CN=C1NC(c2cc(-c3ccc(F)cc3F)ccc2C)(C2CCC(OC)CC2)N=C1C. The number of rotatable bonds is 4. The summed E-state index contributed by atoms with van der Waals surface area (Å²) in [4.78, 5) is 9.53. The summed E-state index contributed by atoms with van der Waals surface area (Å²) in [6.07, 6.45) is 4.16. The molecule has 1 N–H and O–H groups in total. The van der Waals surface area contributed by atoms with Crippen LogP contribution in [0.1, 0.15) is 43.7 Å². The summed E-state index contributed by atoms with van der Waals surface area (Å²) in [7, 11) is 3.53. The molecule has 1 fully saturated rings. The Labute approximate surface area is 182 Å². The molecule has 1 atom stereocenters. The van der Waals surface area contributed by atoms with Gasteiger partial charge in [-0.15, -0.1) is 0 Å². The second-order valence-corrected chi connectivity index (χ2v) is 8.52. The smallest absolute Gasteiger partial charge is 0.160 e. The highest BCUT2D eigenvalue weighted by Gasteiger charge is 2.47. The van der Waals surface area contributed by atoms with Crippen LogP contribution in [0.25, 0.3) is 11.1 Å². The minimum Gasteiger partial charge on any atom is -0.381 e. The zero-order valence-electron chi connectivity index (χ0n) is 18.5. The van der Waals surface area contributed by atoms with Crippen LogP contribution in [0.5, 0.6) is 0 Å². The van der Waals surface area contributed by atoms with Gasteiger partial charge < -0.3 is 10.1 Å². The molecule has 1 aliphatic heterocycles. The molecule has 1 unspecified atom stereocenters. The number of aliphatic imine (C=N–C) groups is 2. The topological polar surface area (TPSA) is 46.0 Å². The number of halogens is 2. The van der Waals surface area contributed by atoms with Crippen molar-refractivity contribution in [3.05, 3.63) is 59.2 Å². The second kappa shape index (κ2) is 8.50. The number of hydrogen-bond acceptors (Lipinski definition) is 3. The average Bonchev–Trinajstić information content (AvgIpc) is 3.11. The summed E-state index contributed by atoms with van der Waals surface area (Å²) in [5, 5.41) is 3.62. The van der Waals surface area contributed by atoms with Gasteiger partial charge >= 0.3 is 0 Å². The van der Waals surface area contributed by atoms with Gasteiger partial charge in [0.1, 0.15) is 17.5 Å². The molecular formula is C25H29F2N3O. The molecule has 0 amide bonds. The molecule has 0 saturated heterocycles. The van der Waals surface area contributed by atoms with Crippen LogP contribution in [0.3, 0.4) is 0 Å². The van der Waals surface area contributed by atoms with Gasteiger partial charge in [0.2, 0.25) is 0 Å². The first kappa shape index (κ1) is 21.6. The Balaban J connectivity index is 1.83. The zero-order chi connectivity index (χ0) is 22.2. The average molecular weight is 426 g/mol. The Kier molecular flexibility index (Phi) is 5.93. The third-order valence-electron chi connectivity index (χ3n) is 6.71. The lowest BCUT2D eigenvalue weighted by atomic mass is 9.74. The highest BCUT2D eigenvalue weighted by molar-refractivity contribution is 6.42. The molecule has 2 aromatic carbocycles. The van der Waals surface area contributed by atoms with Crippen LogP contribution in [0.15, 0.2) is 46.4 Å². The fraction of sp³-hybridized carbons (Fsp3) is 0.440. The molecule has 1 saturated carbocycles. The molecule has 164 valence electrons. The largest absolute Gasteiger partial charge is 0.381 e. The molecule has 4 nitrogen and oxygen atoms in total. The molecule has 2 aromatic rings. The van der Waals surface area contributed by atoms with Gasteiger partial charge in [-0.25, -0.2) is 8.78 Å². The van der Waals surface area contributed by atoms with Crippen molar-refractivity contribution in [2.45, 2.75) is 51.3 Å². The lowest BCUT2D eigenvalue weighted by Gasteiger charge is -2.40. The summed E-state index contributed by atoms with van der Waals surface area (Å²) in [6.45, 7) is 4.02. The molecular weight excluding hydrogens is 396 g/mol. The van der Waals surface area contributed by atoms with Crippen molar-refractivity contribution < 1.29 is 13.5 Å². The van der Waals surface area contributed by atoms with Crippen molar-refractivity contribution in [3.8, 4) is 11.1 Å². The van der Waals surface area contributed by atoms with Crippen LogP contribution in [0, 0.1) is 24.5 Å². The van der Waals surface area contributed by atoms with E-state index in [4.69, 9.17) is 9.73 Å². The molecule has 1 aliphatic carbocycles. The molecule has 0 bridgehead atoms. The third-order valence-corrected chi connectivity index (χ3v) is 6.71. The third kappa shape index (κ3) is 3.89. The minimum absolute atomic E-state index is 0.250. The van der Waals surface area contributed by atoms with E-state index >= 15 is 0 Å². The fourth-order valence-corrected chi connectivity index (χ4v) is 5.01. The lowest BCUT2D eigenvalue weighted by Crippen LogP contribution is -2.48. The number of nitrogens with one attached hydrogen (secondary N) is 1. The first-order valence-electron chi connectivity index (χ1n) is 10.8. The first-order chi connectivity index (χ1) is 14.9. The van der Waals surface area contributed by atoms with E-state index in [2.05, 4.69) is 17.2 Å². The number of aryl methyl sites for hydroxylation is 1. The molecule has 6 heteroatoms. The number of ether oxygens (including phenoxy) is 1. The normalized spacial score (nSPS) is 27.3. The fourth-order valence-electron chi connectivity index (χ4n) is 5.01. The predicted octanol–water partition coefficient (Wildman–Crippen LogP) is 5.39. The second-order valence-electron chi connectivity index (χ2n) is 8.52. The monoisotopic (exact) mass is 425 g/mol. The molecule has 4 rings (SSSR count). The number of methoxy groups -OCH3 is 1. The Bertz CT molecular complexity index is 1040. The number of hydrogen-bond donors (Lipinski definition) is 1. The Morgan fingerprint density at radius 2 is 1.81 bits per heavy atom. The Morgan fingerprint density at radius 1 is 1.06 bits per heavy atom. The minimum atomic E-state index is -0.658. The van der Waals surface area contributed by atoms with E-state index in [0.717, 1.165) is 54.4 Å². The molecule has 31 heavy (non-hydrogen) atoms.